The molecule has 0 bridgehead atoms. The van der Waals surface area contributed by atoms with Gasteiger partial charge in [-0.05, 0) is 12.5 Å². The van der Waals surface area contributed by atoms with Gasteiger partial charge >= 0.3 is 18.2 Å². The first kappa shape index (κ1) is 23.0. The summed E-state index contributed by atoms with van der Waals surface area (Å²) in [7, 11) is 0. The number of piperazine rings is 1. The number of ether oxygens (including phenoxy) is 1. The fourth-order valence-electron chi connectivity index (χ4n) is 3.15. The summed E-state index contributed by atoms with van der Waals surface area (Å²) in [5, 5.41) is 19.0. The van der Waals surface area contributed by atoms with Crippen LogP contribution in [0.5, 0.6) is 6.01 Å². The first-order chi connectivity index (χ1) is 14.6. The smallest absolute Gasteiger partial charge is 0.397 e. The number of aliphatic hydroxyl groups excluding tert-OH is 1. The van der Waals surface area contributed by atoms with E-state index in [9.17, 15) is 27.9 Å². The van der Waals surface area contributed by atoms with Crippen LogP contribution >= 0.6 is 11.3 Å². The summed E-state index contributed by atoms with van der Waals surface area (Å²) in [4.78, 5) is 36.1. The molecular weight excluding hydrogens is 441 g/mol. The van der Waals surface area contributed by atoms with Crippen molar-refractivity contribution in [1.29, 1.82) is 0 Å². The Balaban J connectivity index is 1.84. The van der Waals surface area contributed by atoms with E-state index >= 15 is 0 Å². The molecule has 1 aliphatic heterocycles. The molecular formula is C18H21F3N4O5S. The molecule has 0 aromatic carbocycles. The third-order valence-electron chi connectivity index (χ3n) is 4.72. The fourth-order valence-corrected chi connectivity index (χ4v) is 4.10. The lowest BCUT2D eigenvalue weighted by molar-refractivity contribution is -0.161. The summed E-state index contributed by atoms with van der Waals surface area (Å²) in [5.74, 6) is -1.90. The number of alkyl halides is 3. The van der Waals surface area contributed by atoms with Gasteiger partial charge in [-0.3, -0.25) is 4.79 Å². The van der Waals surface area contributed by atoms with Gasteiger partial charge in [0.15, 0.2) is 0 Å². The lowest BCUT2D eigenvalue weighted by Gasteiger charge is -2.35. The van der Waals surface area contributed by atoms with Gasteiger partial charge in [0.2, 0.25) is 12.0 Å². The number of rotatable bonds is 7. The highest BCUT2D eigenvalue weighted by Crippen LogP contribution is 2.34. The quantitative estimate of drug-likeness (QED) is 0.639. The number of halogens is 3. The van der Waals surface area contributed by atoms with E-state index in [1.54, 1.807) is 4.90 Å². The monoisotopic (exact) mass is 462 g/mol. The molecule has 1 atom stereocenters. The van der Waals surface area contributed by atoms with Crippen LogP contribution in [0.4, 0.5) is 19.0 Å². The van der Waals surface area contributed by atoms with E-state index in [1.807, 2.05) is 13.0 Å². The molecule has 2 aromatic heterocycles. The third kappa shape index (κ3) is 5.53. The molecule has 0 aliphatic carbocycles. The zero-order valence-corrected chi connectivity index (χ0v) is 17.4. The molecule has 2 N–H and O–H groups in total. The first-order valence-electron chi connectivity index (χ1n) is 9.51. The number of fused-ring (bicyclic) bond motifs is 1. The summed E-state index contributed by atoms with van der Waals surface area (Å²) in [6.07, 6.45) is -6.84. The van der Waals surface area contributed by atoms with E-state index in [-0.39, 0.29) is 32.2 Å². The number of nitrogens with zero attached hydrogens (tertiary/aromatic N) is 4. The van der Waals surface area contributed by atoms with Gasteiger partial charge in [0.1, 0.15) is 17.1 Å². The number of carboxylic acid groups (broad SMARTS) is 1. The second-order valence-electron chi connectivity index (χ2n) is 6.90. The number of aliphatic carboxylic acids is 1. The van der Waals surface area contributed by atoms with Crippen LogP contribution in [0.1, 0.15) is 18.2 Å². The zero-order valence-electron chi connectivity index (χ0n) is 16.6. The fraction of sp³-hybridized carbons (Fsp3) is 0.556. The van der Waals surface area contributed by atoms with E-state index in [0.717, 1.165) is 16.2 Å². The Morgan fingerprint density at radius 3 is 2.48 bits per heavy atom. The summed E-state index contributed by atoms with van der Waals surface area (Å²) < 4.78 is 42.7. The number of aliphatic hydroxyl groups is 1. The van der Waals surface area contributed by atoms with Crippen molar-refractivity contribution in [2.45, 2.75) is 32.0 Å². The molecule has 13 heteroatoms. The minimum atomic E-state index is -4.56. The highest BCUT2D eigenvalue weighted by Gasteiger charge is 2.35. The van der Waals surface area contributed by atoms with Gasteiger partial charge in [0.25, 0.3) is 0 Å². The number of carbonyl (C=O) groups excluding carboxylic acids is 1. The van der Waals surface area contributed by atoms with Crippen molar-refractivity contribution >= 4 is 39.2 Å². The van der Waals surface area contributed by atoms with Gasteiger partial charge in [-0.15, -0.1) is 11.3 Å². The number of carboxylic acids is 1. The van der Waals surface area contributed by atoms with E-state index in [0.29, 0.717) is 16.0 Å². The minimum absolute atomic E-state index is 0.0930. The van der Waals surface area contributed by atoms with Crippen LogP contribution in [0.2, 0.25) is 0 Å². The first-order valence-corrected chi connectivity index (χ1v) is 10.3. The summed E-state index contributed by atoms with van der Waals surface area (Å²) in [5.41, 5.74) is 0. The molecule has 0 radical (unpaired) electrons. The number of hydrogen-bond donors (Lipinski definition) is 2. The Hall–Kier alpha value is -2.67. The molecule has 0 saturated carbocycles. The lowest BCUT2D eigenvalue weighted by Crippen LogP contribution is -2.49. The number of hydrogen-bond acceptors (Lipinski definition) is 8. The number of amides is 1. The Kier molecular flexibility index (Phi) is 6.84. The van der Waals surface area contributed by atoms with Crippen LogP contribution in [0.15, 0.2) is 6.07 Å². The average molecular weight is 462 g/mol. The van der Waals surface area contributed by atoms with Crippen LogP contribution in [-0.2, 0) is 16.0 Å². The van der Waals surface area contributed by atoms with Crippen molar-refractivity contribution in [1.82, 2.24) is 14.9 Å². The van der Waals surface area contributed by atoms with Crippen LogP contribution in [0.25, 0.3) is 10.2 Å². The predicted molar refractivity (Wildman–Crippen MR) is 105 cm³/mol. The second kappa shape index (κ2) is 9.22. The number of aryl methyl sites for hydroxylation is 1. The van der Waals surface area contributed by atoms with Crippen LogP contribution in [-0.4, -0.2) is 82.0 Å². The van der Waals surface area contributed by atoms with Crippen LogP contribution < -0.4 is 9.64 Å². The molecule has 0 spiro atoms. The number of carbonyl (C=O) groups is 2. The SMILES string of the molecule is CCc1cc2c(N3CCN(C(=O)CC(F)(F)F)CC3)nc(O[C@H](CO)C(=O)O)nc2s1. The minimum Gasteiger partial charge on any atom is -0.478 e. The van der Waals surface area contributed by atoms with Gasteiger partial charge in [-0.1, -0.05) is 6.92 Å². The molecule has 1 saturated heterocycles. The summed E-state index contributed by atoms with van der Waals surface area (Å²) in [6, 6.07) is 1.69. The standard InChI is InChI=1S/C18H21F3N4O5S/c1-2-10-7-11-14(22-17(23-15(11)31-10)30-12(9-26)16(28)29)25-5-3-24(4-6-25)13(27)8-18(19,20)21/h7,12,26H,2-6,8-9H2,1H3,(H,28,29)/t12-/m1/s1. The Morgan fingerprint density at radius 2 is 1.94 bits per heavy atom. The van der Waals surface area contributed by atoms with Crippen molar-refractivity contribution in [2.24, 2.45) is 0 Å². The Morgan fingerprint density at radius 1 is 1.26 bits per heavy atom. The molecule has 3 rings (SSSR count). The van der Waals surface area contributed by atoms with E-state index < -0.39 is 37.2 Å². The maximum absolute atomic E-state index is 12.5. The molecule has 170 valence electrons. The Bertz CT molecular complexity index is 960. The highest BCUT2D eigenvalue weighted by atomic mass is 32.1. The predicted octanol–water partition coefficient (Wildman–Crippen LogP) is 1.68. The largest absolute Gasteiger partial charge is 0.478 e. The van der Waals surface area contributed by atoms with Crippen LogP contribution in [0, 0.1) is 0 Å². The van der Waals surface area contributed by atoms with Crippen molar-refractivity contribution in [2.75, 3.05) is 37.7 Å². The van der Waals surface area contributed by atoms with Gasteiger partial charge in [-0.2, -0.15) is 23.1 Å². The molecule has 1 fully saturated rings. The van der Waals surface area contributed by atoms with E-state index in [2.05, 4.69) is 9.97 Å². The molecule has 2 aromatic rings. The average Bonchev–Trinajstić information content (AvgIpc) is 3.13. The molecule has 9 nitrogen and oxygen atoms in total. The number of aromatic nitrogens is 2. The van der Waals surface area contributed by atoms with Crippen molar-refractivity contribution in [3.63, 3.8) is 0 Å². The molecule has 1 amide bonds. The maximum Gasteiger partial charge on any atom is 0.397 e. The van der Waals surface area contributed by atoms with Gasteiger partial charge in [-0.25, -0.2) is 4.79 Å². The van der Waals surface area contributed by atoms with E-state index in [4.69, 9.17) is 9.84 Å². The summed E-state index contributed by atoms with van der Waals surface area (Å²) in [6.45, 7) is 1.87. The van der Waals surface area contributed by atoms with Gasteiger partial charge in [0.05, 0.1) is 12.0 Å². The van der Waals surface area contributed by atoms with Crippen molar-refractivity contribution in [3.8, 4) is 6.01 Å². The third-order valence-corrected chi connectivity index (χ3v) is 5.90. The van der Waals surface area contributed by atoms with Gasteiger partial charge in [0, 0.05) is 31.1 Å². The topological polar surface area (TPSA) is 116 Å². The molecule has 31 heavy (non-hydrogen) atoms. The normalized spacial score (nSPS) is 15.9. The van der Waals surface area contributed by atoms with Crippen molar-refractivity contribution < 1.29 is 37.7 Å². The molecule has 1 aliphatic rings. The van der Waals surface area contributed by atoms with E-state index in [1.165, 1.54) is 11.3 Å². The Labute approximate surface area is 179 Å². The highest BCUT2D eigenvalue weighted by molar-refractivity contribution is 7.18. The second-order valence-corrected chi connectivity index (χ2v) is 8.02. The number of thiophene rings is 1. The number of anilines is 1. The summed E-state index contributed by atoms with van der Waals surface area (Å²) >= 11 is 1.39. The van der Waals surface area contributed by atoms with Crippen LogP contribution in [0.3, 0.4) is 0 Å². The maximum atomic E-state index is 12.5. The molecule has 3 heterocycles. The van der Waals surface area contributed by atoms with Gasteiger partial charge < -0.3 is 24.7 Å². The molecule has 0 unspecified atom stereocenters. The lowest BCUT2D eigenvalue weighted by atomic mass is 10.2. The zero-order chi connectivity index (χ0) is 22.8. The van der Waals surface area contributed by atoms with Crippen molar-refractivity contribution in [3.05, 3.63) is 10.9 Å².